The van der Waals surface area contributed by atoms with Crippen LogP contribution in [0.3, 0.4) is 0 Å². The first kappa shape index (κ1) is 17.9. The van der Waals surface area contributed by atoms with Crippen molar-refractivity contribution >= 4 is 23.9 Å². The predicted octanol–water partition coefficient (Wildman–Crippen LogP) is -0.0256. The summed E-state index contributed by atoms with van der Waals surface area (Å²) in [7, 11) is 1.15. The zero-order valence-corrected chi connectivity index (χ0v) is 12.0. The minimum Gasteiger partial charge on any atom is -0.466 e. The van der Waals surface area contributed by atoms with Gasteiger partial charge in [-0.25, -0.2) is 14.4 Å². The molecule has 0 bridgehead atoms. The number of rotatable bonds is 6. The Labute approximate surface area is 116 Å². The van der Waals surface area contributed by atoms with E-state index < -0.39 is 42.2 Å². The van der Waals surface area contributed by atoms with Crippen LogP contribution in [-0.2, 0) is 38.1 Å². The molecule has 0 aromatic rings. The summed E-state index contributed by atoms with van der Waals surface area (Å²) in [5, 5.41) is 0. The fourth-order valence-electron chi connectivity index (χ4n) is 1.10. The molecule has 20 heavy (non-hydrogen) atoms. The van der Waals surface area contributed by atoms with Crippen molar-refractivity contribution in [3.63, 3.8) is 0 Å². The van der Waals surface area contributed by atoms with Crippen molar-refractivity contribution in [2.45, 2.75) is 46.0 Å². The van der Waals surface area contributed by atoms with Gasteiger partial charge in [-0.2, -0.15) is 0 Å². The van der Waals surface area contributed by atoms with Gasteiger partial charge in [0.15, 0.2) is 18.3 Å². The Balaban J connectivity index is 4.35. The highest BCUT2D eigenvalue weighted by Crippen LogP contribution is 2.04. The Bertz CT molecular complexity index is 389. The molecule has 0 N–H and O–H groups in total. The van der Waals surface area contributed by atoms with Gasteiger partial charge in [-0.1, -0.05) is 0 Å². The van der Waals surface area contributed by atoms with Crippen molar-refractivity contribution in [1.29, 1.82) is 0 Å². The largest absolute Gasteiger partial charge is 0.466 e. The van der Waals surface area contributed by atoms with Crippen LogP contribution < -0.4 is 0 Å². The maximum Gasteiger partial charge on any atom is 0.347 e. The molecule has 0 spiro atoms. The number of hydrogen-bond donors (Lipinski definition) is 0. The molecule has 0 aliphatic carbocycles. The second-order valence-corrected chi connectivity index (χ2v) is 3.93. The first-order valence-corrected chi connectivity index (χ1v) is 5.85. The van der Waals surface area contributed by atoms with Crippen molar-refractivity contribution in [3.8, 4) is 0 Å². The Hall–Kier alpha value is -2.12. The summed E-state index contributed by atoms with van der Waals surface area (Å²) in [5.74, 6) is -3.18. The SMILES string of the molecule is COC(=O)C(C)OC(=O)C(C)OC(=O)C(C)OC(C)=O. The van der Waals surface area contributed by atoms with Crippen molar-refractivity contribution in [1.82, 2.24) is 0 Å². The maximum atomic E-state index is 11.5. The monoisotopic (exact) mass is 290 g/mol. The van der Waals surface area contributed by atoms with Crippen molar-refractivity contribution in [2.24, 2.45) is 0 Å². The zero-order valence-electron chi connectivity index (χ0n) is 12.0. The van der Waals surface area contributed by atoms with Crippen LogP contribution in [0.1, 0.15) is 27.7 Å². The highest BCUT2D eigenvalue weighted by atomic mass is 16.6. The summed E-state index contributed by atoms with van der Waals surface area (Å²) >= 11 is 0. The third-order valence-corrected chi connectivity index (χ3v) is 2.13. The lowest BCUT2D eigenvalue weighted by molar-refractivity contribution is -0.181. The van der Waals surface area contributed by atoms with Gasteiger partial charge in [0.2, 0.25) is 0 Å². The number of ether oxygens (including phenoxy) is 4. The summed E-state index contributed by atoms with van der Waals surface area (Å²) in [6.45, 7) is 5.03. The Kier molecular flexibility index (Phi) is 7.27. The number of carbonyl (C=O) groups excluding carboxylic acids is 4. The standard InChI is InChI=1S/C12H18O8/c1-6(10(14)17-5)19-12(16)8(3)20-11(15)7(2)18-9(4)13/h6-8H,1-5H3. The molecule has 0 saturated heterocycles. The molecule has 3 atom stereocenters. The number of hydrogen-bond acceptors (Lipinski definition) is 8. The second-order valence-electron chi connectivity index (χ2n) is 3.93. The van der Waals surface area contributed by atoms with Gasteiger partial charge in [0.25, 0.3) is 0 Å². The molecular weight excluding hydrogens is 272 g/mol. The molecule has 0 fully saturated rings. The highest BCUT2D eigenvalue weighted by Gasteiger charge is 2.27. The van der Waals surface area contributed by atoms with Gasteiger partial charge in [0, 0.05) is 6.92 Å². The highest BCUT2D eigenvalue weighted by molar-refractivity contribution is 5.84. The van der Waals surface area contributed by atoms with Crippen LogP contribution in [0.5, 0.6) is 0 Å². The Morgan fingerprint density at radius 1 is 0.700 bits per heavy atom. The molecule has 0 rings (SSSR count). The molecule has 0 aliphatic rings. The van der Waals surface area contributed by atoms with Crippen molar-refractivity contribution < 1.29 is 38.1 Å². The van der Waals surface area contributed by atoms with E-state index >= 15 is 0 Å². The fourth-order valence-corrected chi connectivity index (χ4v) is 1.10. The predicted molar refractivity (Wildman–Crippen MR) is 64.4 cm³/mol. The lowest BCUT2D eigenvalue weighted by Crippen LogP contribution is -2.35. The smallest absolute Gasteiger partial charge is 0.347 e. The molecule has 3 unspecified atom stereocenters. The molecule has 114 valence electrons. The molecule has 8 heteroatoms. The molecule has 0 radical (unpaired) electrons. The second kappa shape index (κ2) is 8.13. The topological polar surface area (TPSA) is 105 Å². The van der Waals surface area contributed by atoms with Gasteiger partial charge in [0.05, 0.1) is 7.11 Å². The van der Waals surface area contributed by atoms with E-state index in [1.165, 1.54) is 20.8 Å². The minimum absolute atomic E-state index is 0.649. The van der Waals surface area contributed by atoms with E-state index in [2.05, 4.69) is 9.47 Å². The van der Waals surface area contributed by atoms with E-state index in [0.717, 1.165) is 14.0 Å². The Morgan fingerprint density at radius 2 is 1.05 bits per heavy atom. The number of carbonyl (C=O) groups is 4. The van der Waals surface area contributed by atoms with E-state index in [1.54, 1.807) is 0 Å². The Morgan fingerprint density at radius 3 is 1.40 bits per heavy atom. The molecule has 0 saturated carbocycles. The van der Waals surface area contributed by atoms with Crippen LogP contribution in [0, 0.1) is 0 Å². The van der Waals surface area contributed by atoms with Crippen LogP contribution in [-0.4, -0.2) is 49.3 Å². The summed E-state index contributed by atoms with van der Waals surface area (Å²) in [6.07, 6.45) is -3.49. The first-order valence-electron chi connectivity index (χ1n) is 5.85. The minimum atomic E-state index is -1.24. The normalized spacial score (nSPS) is 14.4. The van der Waals surface area contributed by atoms with Gasteiger partial charge >= 0.3 is 23.9 Å². The first-order chi connectivity index (χ1) is 9.18. The van der Waals surface area contributed by atoms with Crippen molar-refractivity contribution in [2.75, 3.05) is 7.11 Å². The molecule has 0 amide bonds. The summed E-state index contributed by atoms with van der Waals surface area (Å²) in [6, 6.07) is 0. The van der Waals surface area contributed by atoms with E-state index in [-0.39, 0.29) is 0 Å². The van der Waals surface area contributed by atoms with Gasteiger partial charge in [0.1, 0.15) is 0 Å². The van der Waals surface area contributed by atoms with Crippen LogP contribution in [0.15, 0.2) is 0 Å². The summed E-state index contributed by atoms with van der Waals surface area (Å²) in [4.78, 5) is 44.7. The van der Waals surface area contributed by atoms with E-state index in [0.29, 0.717) is 0 Å². The van der Waals surface area contributed by atoms with Crippen molar-refractivity contribution in [3.05, 3.63) is 0 Å². The van der Waals surface area contributed by atoms with Gasteiger partial charge in [-0.3, -0.25) is 4.79 Å². The van der Waals surface area contributed by atoms with Gasteiger partial charge in [-0.15, -0.1) is 0 Å². The van der Waals surface area contributed by atoms with Crippen LogP contribution in [0.2, 0.25) is 0 Å². The van der Waals surface area contributed by atoms with Crippen LogP contribution in [0.4, 0.5) is 0 Å². The van der Waals surface area contributed by atoms with E-state index in [9.17, 15) is 19.2 Å². The lowest BCUT2D eigenvalue weighted by Gasteiger charge is -2.17. The third kappa shape index (κ3) is 6.17. The molecule has 0 aromatic heterocycles. The van der Waals surface area contributed by atoms with Gasteiger partial charge < -0.3 is 18.9 Å². The van der Waals surface area contributed by atoms with Crippen LogP contribution in [0.25, 0.3) is 0 Å². The summed E-state index contributed by atoms with van der Waals surface area (Å²) in [5.41, 5.74) is 0. The molecule has 0 aliphatic heterocycles. The summed E-state index contributed by atoms with van der Waals surface area (Å²) < 4.78 is 18.4. The molecule has 0 heterocycles. The number of esters is 4. The maximum absolute atomic E-state index is 11.5. The van der Waals surface area contributed by atoms with E-state index in [1.807, 2.05) is 0 Å². The average Bonchev–Trinajstić information content (AvgIpc) is 2.36. The lowest BCUT2D eigenvalue weighted by atomic mass is 10.3. The van der Waals surface area contributed by atoms with E-state index in [4.69, 9.17) is 9.47 Å². The number of methoxy groups -OCH3 is 1. The fraction of sp³-hybridized carbons (Fsp3) is 0.667. The average molecular weight is 290 g/mol. The quantitative estimate of drug-likeness (QED) is 0.496. The van der Waals surface area contributed by atoms with Crippen LogP contribution >= 0.6 is 0 Å². The third-order valence-electron chi connectivity index (χ3n) is 2.13. The molecule has 8 nitrogen and oxygen atoms in total. The van der Waals surface area contributed by atoms with Gasteiger partial charge in [-0.05, 0) is 20.8 Å². The zero-order chi connectivity index (χ0) is 15.9. The molecular formula is C12H18O8. The molecule has 0 aromatic carbocycles.